The fourth-order valence-electron chi connectivity index (χ4n) is 4.11. The molecule has 1 aliphatic carbocycles. The summed E-state index contributed by atoms with van der Waals surface area (Å²) in [7, 11) is 0. The number of rotatable bonds is 11. The van der Waals surface area contributed by atoms with Crippen molar-refractivity contribution in [1.82, 2.24) is 0 Å². The zero-order valence-electron chi connectivity index (χ0n) is 17.8. The number of halogens is 1. The average Bonchev–Trinajstić information content (AvgIpc) is 2.81. The first kappa shape index (κ1) is 23.0. The Bertz CT molecular complexity index is 774. The third-order valence-corrected chi connectivity index (χ3v) is 6.51. The number of carbonyl (C=O) groups excluding carboxylic acids is 1. The Morgan fingerprint density at radius 1 is 0.900 bits per heavy atom. The molecule has 3 rings (SSSR count). The van der Waals surface area contributed by atoms with E-state index in [4.69, 9.17) is 4.74 Å². The van der Waals surface area contributed by atoms with Gasteiger partial charge in [0.05, 0.1) is 6.10 Å². The van der Waals surface area contributed by atoms with E-state index in [0.717, 1.165) is 23.1 Å². The molecular formula is C27H33BrO2. The summed E-state index contributed by atoms with van der Waals surface area (Å²) in [5.41, 5.74) is 3.21. The number of carbonyl (C=O) groups is 1. The molecule has 0 amide bonds. The summed E-state index contributed by atoms with van der Waals surface area (Å²) in [6.07, 6.45) is 13.8. The molecule has 0 aromatic heterocycles. The molecule has 0 atom stereocenters. The molecule has 2 nitrogen and oxygen atoms in total. The highest BCUT2D eigenvalue weighted by Gasteiger charge is 2.22. The SMILES string of the molecule is O=C(C=Cc1ccc(C2CCC(OCCCCCCBr)CC2)cc1)c1ccccc1. The highest BCUT2D eigenvalue weighted by Crippen LogP contribution is 2.34. The van der Waals surface area contributed by atoms with Gasteiger partial charge in [-0.3, -0.25) is 4.79 Å². The van der Waals surface area contributed by atoms with Crippen molar-refractivity contribution in [2.75, 3.05) is 11.9 Å². The van der Waals surface area contributed by atoms with Gasteiger partial charge in [-0.1, -0.05) is 89.4 Å². The van der Waals surface area contributed by atoms with Crippen LogP contribution in [0.25, 0.3) is 6.08 Å². The molecule has 0 spiro atoms. The summed E-state index contributed by atoms with van der Waals surface area (Å²) >= 11 is 3.48. The van der Waals surface area contributed by atoms with E-state index in [1.54, 1.807) is 6.08 Å². The lowest BCUT2D eigenvalue weighted by molar-refractivity contribution is 0.0226. The third kappa shape index (κ3) is 7.52. The van der Waals surface area contributed by atoms with Crippen LogP contribution in [0.1, 0.15) is 78.8 Å². The first-order chi connectivity index (χ1) is 14.8. The van der Waals surface area contributed by atoms with Gasteiger partial charge in [0.1, 0.15) is 0 Å². The van der Waals surface area contributed by atoms with Crippen LogP contribution in [-0.2, 0) is 4.74 Å². The van der Waals surface area contributed by atoms with Gasteiger partial charge in [0.15, 0.2) is 5.78 Å². The van der Waals surface area contributed by atoms with Crippen molar-refractivity contribution in [3.05, 3.63) is 77.4 Å². The van der Waals surface area contributed by atoms with E-state index < -0.39 is 0 Å². The maximum atomic E-state index is 12.2. The molecule has 2 aromatic carbocycles. The van der Waals surface area contributed by atoms with Gasteiger partial charge >= 0.3 is 0 Å². The number of ketones is 1. The van der Waals surface area contributed by atoms with Crippen LogP contribution in [0.5, 0.6) is 0 Å². The van der Waals surface area contributed by atoms with Gasteiger partial charge in [-0.2, -0.15) is 0 Å². The first-order valence-electron chi connectivity index (χ1n) is 11.3. The maximum absolute atomic E-state index is 12.2. The molecule has 0 N–H and O–H groups in total. The Morgan fingerprint density at radius 3 is 2.30 bits per heavy atom. The quantitative estimate of drug-likeness (QED) is 0.147. The highest BCUT2D eigenvalue weighted by atomic mass is 79.9. The lowest BCUT2D eigenvalue weighted by atomic mass is 9.82. The number of hydrogen-bond donors (Lipinski definition) is 0. The summed E-state index contributed by atoms with van der Waals surface area (Å²) in [6.45, 7) is 0.917. The van der Waals surface area contributed by atoms with E-state index in [1.807, 2.05) is 36.4 Å². The highest BCUT2D eigenvalue weighted by molar-refractivity contribution is 9.09. The van der Waals surface area contributed by atoms with Crippen molar-refractivity contribution >= 4 is 27.8 Å². The lowest BCUT2D eigenvalue weighted by Crippen LogP contribution is -2.21. The summed E-state index contributed by atoms with van der Waals surface area (Å²) in [4.78, 5) is 12.2. The van der Waals surface area contributed by atoms with Crippen molar-refractivity contribution in [1.29, 1.82) is 0 Å². The normalized spacial score (nSPS) is 19.2. The average molecular weight is 469 g/mol. The number of benzene rings is 2. The molecule has 3 heteroatoms. The Hall–Kier alpha value is -1.71. The largest absolute Gasteiger partial charge is 0.378 e. The Morgan fingerprint density at radius 2 is 1.60 bits per heavy atom. The topological polar surface area (TPSA) is 26.3 Å². The molecule has 1 fully saturated rings. The Balaban J connectivity index is 1.40. The van der Waals surface area contributed by atoms with Crippen molar-refractivity contribution in [3.8, 4) is 0 Å². The second-order valence-electron chi connectivity index (χ2n) is 8.18. The molecule has 0 radical (unpaired) electrons. The molecule has 1 saturated carbocycles. The van der Waals surface area contributed by atoms with Crippen LogP contribution in [0.15, 0.2) is 60.7 Å². The van der Waals surface area contributed by atoms with Gasteiger partial charge in [-0.25, -0.2) is 0 Å². The Kier molecular flexibility index (Phi) is 9.85. The predicted octanol–water partition coefficient (Wildman–Crippen LogP) is 7.58. The van der Waals surface area contributed by atoms with Crippen LogP contribution in [0.2, 0.25) is 0 Å². The molecule has 2 aromatic rings. The van der Waals surface area contributed by atoms with Crippen LogP contribution in [0.3, 0.4) is 0 Å². The number of ether oxygens (including phenoxy) is 1. The van der Waals surface area contributed by atoms with Gasteiger partial charge in [0.2, 0.25) is 0 Å². The molecule has 30 heavy (non-hydrogen) atoms. The van der Waals surface area contributed by atoms with Gasteiger partial charge in [-0.15, -0.1) is 0 Å². The molecule has 160 valence electrons. The van der Waals surface area contributed by atoms with Gasteiger partial charge in [0.25, 0.3) is 0 Å². The first-order valence-corrected chi connectivity index (χ1v) is 12.4. The van der Waals surface area contributed by atoms with E-state index in [0.29, 0.717) is 12.0 Å². The van der Waals surface area contributed by atoms with Crippen LogP contribution >= 0.6 is 15.9 Å². The zero-order chi connectivity index (χ0) is 21.0. The summed E-state index contributed by atoms with van der Waals surface area (Å²) in [5, 5.41) is 1.11. The van der Waals surface area contributed by atoms with Gasteiger partial charge in [0, 0.05) is 17.5 Å². The van der Waals surface area contributed by atoms with Crippen LogP contribution in [0.4, 0.5) is 0 Å². The number of alkyl halides is 1. The third-order valence-electron chi connectivity index (χ3n) is 5.95. The van der Waals surface area contributed by atoms with Crippen molar-refractivity contribution in [2.24, 2.45) is 0 Å². The molecule has 0 bridgehead atoms. The second-order valence-corrected chi connectivity index (χ2v) is 8.97. The van der Waals surface area contributed by atoms with Crippen LogP contribution < -0.4 is 0 Å². The molecule has 1 aliphatic rings. The number of unbranched alkanes of at least 4 members (excludes halogenated alkanes) is 3. The number of allylic oxidation sites excluding steroid dienone is 1. The van der Waals surface area contributed by atoms with Gasteiger partial charge in [-0.05, 0) is 61.6 Å². The molecule has 0 heterocycles. The smallest absolute Gasteiger partial charge is 0.185 e. The van der Waals surface area contributed by atoms with Crippen molar-refractivity contribution < 1.29 is 9.53 Å². The van der Waals surface area contributed by atoms with E-state index >= 15 is 0 Å². The maximum Gasteiger partial charge on any atom is 0.185 e. The monoisotopic (exact) mass is 468 g/mol. The van der Waals surface area contributed by atoms with E-state index in [9.17, 15) is 4.79 Å². The minimum atomic E-state index is 0.0427. The summed E-state index contributed by atoms with van der Waals surface area (Å²) < 4.78 is 6.10. The predicted molar refractivity (Wildman–Crippen MR) is 129 cm³/mol. The Labute approximate surface area is 189 Å². The molecular weight excluding hydrogens is 436 g/mol. The fourth-order valence-corrected chi connectivity index (χ4v) is 4.51. The minimum absolute atomic E-state index is 0.0427. The zero-order valence-corrected chi connectivity index (χ0v) is 19.4. The van der Waals surface area contributed by atoms with E-state index in [2.05, 4.69) is 40.2 Å². The van der Waals surface area contributed by atoms with E-state index in [-0.39, 0.29) is 5.78 Å². The van der Waals surface area contributed by atoms with Gasteiger partial charge < -0.3 is 4.74 Å². The second kappa shape index (κ2) is 12.9. The lowest BCUT2D eigenvalue weighted by Gasteiger charge is -2.29. The molecule has 0 aliphatic heterocycles. The minimum Gasteiger partial charge on any atom is -0.378 e. The summed E-state index contributed by atoms with van der Waals surface area (Å²) in [5.74, 6) is 0.675. The van der Waals surface area contributed by atoms with Crippen molar-refractivity contribution in [3.63, 3.8) is 0 Å². The fraction of sp³-hybridized carbons (Fsp3) is 0.444. The molecule has 0 unspecified atom stereocenters. The van der Waals surface area contributed by atoms with Crippen LogP contribution in [-0.4, -0.2) is 23.8 Å². The van der Waals surface area contributed by atoms with E-state index in [1.165, 1.54) is 56.9 Å². The van der Waals surface area contributed by atoms with Crippen molar-refractivity contribution in [2.45, 2.75) is 63.4 Å². The number of hydrogen-bond acceptors (Lipinski definition) is 2. The van der Waals surface area contributed by atoms with Crippen LogP contribution in [0, 0.1) is 0 Å². The molecule has 0 saturated heterocycles. The standard InChI is InChI=1S/C27H33BrO2/c28-20-6-1-2-7-21-30-26-17-15-24(16-18-26)23-13-10-22(11-14-23)12-19-27(29)25-8-4-3-5-9-25/h3-5,8-14,19,24,26H,1-2,6-7,15-18,20-21H2. The summed E-state index contributed by atoms with van der Waals surface area (Å²) in [6, 6.07) is 18.1.